The molecule has 1 saturated heterocycles. The standard InChI is InChI=1S/C19H25FN4/c1-13(2)17-11-18(24-9-7-14(12-21)8-10-24)23-19(22-17)15-5-3-4-6-16(15)20/h3-6,11,13-14H,7-10,12,21H2,1-2H3. The van der Waals surface area contributed by atoms with Crippen molar-refractivity contribution in [1.82, 2.24) is 9.97 Å². The fraction of sp³-hybridized carbons (Fsp3) is 0.474. The Balaban J connectivity index is 1.97. The third-order valence-corrected chi connectivity index (χ3v) is 4.71. The Kier molecular flexibility index (Phi) is 5.09. The molecule has 2 N–H and O–H groups in total. The van der Waals surface area contributed by atoms with Gasteiger partial charge in [0, 0.05) is 24.8 Å². The maximum Gasteiger partial charge on any atom is 0.164 e. The lowest BCUT2D eigenvalue weighted by molar-refractivity contribution is 0.413. The summed E-state index contributed by atoms with van der Waals surface area (Å²) in [5.41, 5.74) is 7.18. The van der Waals surface area contributed by atoms with Gasteiger partial charge in [-0.05, 0) is 43.4 Å². The molecular formula is C19H25FN4. The molecule has 1 aromatic heterocycles. The number of piperidine rings is 1. The Hall–Kier alpha value is -2.01. The molecule has 3 rings (SSSR count). The third kappa shape index (κ3) is 3.56. The molecule has 0 bridgehead atoms. The van der Waals surface area contributed by atoms with Crippen LogP contribution in [0.5, 0.6) is 0 Å². The number of nitrogens with two attached hydrogens (primary N) is 1. The molecule has 1 aromatic carbocycles. The van der Waals surface area contributed by atoms with Gasteiger partial charge in [0.1, 0.15) is 11.6 Å². The molecule has 1 fully saturated rings. The molecule has 24 heavy (non-hydrogen) atoms. The van der Waals surface area contributed by atoms with E-state index in [0.29, 0.717) is 17.3 Å². The van der Waals surface area contributed by atoms with Gasteiger partial charge in [-0.25, -0.2) is 14.4 Å². The molecule has 0 atom stereocenters. The SMILES string of the molecule is CC(C)c1cc(N2CCC(CN)CC2)nc(-c2ccccc2F)n1. The Morgan fingerprint density at radius 2 is 1.92 bits per heavy atom. The van der Waals surface area contributed by atoms with E-state index in [2.05, 4.69) is 28.7 Å². The average Bonchev–Trinajstić information content (AvgIpc) is 2.61. The minimum Gasteiger partial charge on any atom is -0.356 e. The number of aromatic nitrogens is 2. The van der Waals surface area contributed by atoms with Gasteiger partial charge in [0.25, 0.3) is 0 Å². The first kappa shape index (κ1) is 16.8. The monoisotopic (exact) mass is 328 g/mol. The summed E-state index contributed by atoms with van der Waals surface area (Å²) in [4.78, 5) is 11.5. The van der Waals surface area contributed by atoms with Crippen molar-refractivity contribution in [2.75, 3.05) is 24.5 Å². The fourth-order valence-electron chi connectivity index (χ4n) is 3.07. The molecule has 1 aliphatic heterocycles. The zero-order valence-electron chi connectivity index (χ0n) is 14.4. The highest BCUT2D eigenvalue weighted by Crippen LogP contribution is 2.27. The molecule has 0 aliphatic carbocycles. The number of hydrogen-bond donors (Lipinski definition) is 1. The molecule has 0 radical (unpaired) electrons. The number of rotatable bonds is 4. The second-order valence-corrected chi connectivity index (χ2v) is 6.78. The molecular weight excluding hydrogens is 303 g/mol. The number of benzene rings is 1. The maximum atomic E-state index is 14.2. The van der Waals surface area contributed by atoms with Gasteiger partial charge in [-0.15, -0.1) is 0 Å². The van der Waals surface area contributed by atoms with Crippen LogP contribution in [0.2, 0.25) is 0 Å². The molecule has 1 aliphatic rings. The summed E-state index contributed by atoms with van der Waals surface area (Å²) >= 11 is 0. The highest BCUT2D eigenvalue weighted by atomic mass is 19.1. The Labute approximate surface area is 142 Å². The van der Waals surface area contributed by atoms with Gasteiger partial charge in [-0.1, -0.05) is 26.0 Å². The van der Waals surface area contributed by atoms with Gasteiger partial charge in [-0.2, -0.15) is 0 Å². The summed E-state index contributed by atoms with van der Waals surface area (Å²) < 4.78 is 14.2. The van der Waals surface area contributed by atoms with Gasteiger partial charge >= 0.3 is 0 Å². The topological polar surface area (TPSA) is 55.0 Å². The smallest absolute Gasteiger partial charge is 0.164 e. The molecule has 4 nitrogen and oxygen atoms in total. The Bertz CT molecular complexity index is 694. The number of nitrogens with zero attached hydrogens (tertiary/aromatic N) is 3. The van der Waals surface area contributed by atoms with Crippen LogP contribution in [-0.4, -0.2) is 29.6 Å². The number of halogens is 1. The van der Waals surface area contributed by atoms with Gasteiger partial charge in [0.05, 0.1) is 5.56 Å². The molecule has 5 heteroatoms. The third-order valence-electron chi connectivity index (χ3n) is 4.71. The minimum atomic E-state index is -0.286. The predicted molar refractivity (Wildman–Crippen MR) is 95.5 cm³/mol. The van der Waals surface area contributed by atoms with E-state index in [0.717, 1.165) is 44.0 Å². The normalized spacial score (nSPS) is 16.0. The summed E-state index contributed by atoms with van der Waals surface area (Å²) in [5.74, 6) is 1.93. The van der Waals surface area contributed by atoms with Crippen molar-refractivity contribution in [3.05, 3.63) is 41.8 Å². The van der Waals surface area contributed by atoms with E-state index < -0.39 is 0 Å². The van der Waals surface area contributed by atoms with Crippen LogP contribution in [0.3, 0.4) is 0 Å². The summed E-state index contributed by atoms with van der Waals surface area (Å²) in [7, 11) is 0. The summed E-state index contributed by atoms with van der Waals surface area (Å²) in [6.07, 6.45) is 2.15. The van der Waals surface area contributed by atoms with E-state index in [1.54, 1.807) is 12.1 Å². The second-order valence-electron chi connectivity index (χ2n) is 6.78. The summed E-state index contributed by atoms with van der Waals surface area (Å²) in [6.45, 7) is 6.81. The molecule has 0 unspecified atom stereocenters. The first-order valence-electron chi connectivity index (χ1n) is 8.67. The summed E-state index contributed by atoms with van der Waals surface area (Å²) in [6, 6.07) is 8.73. The predicted octanol–water partition coefficient (Wildman–Crippen LogP) is 3.58. The first-order valence-corrected chi connectivity index (χ1v) is 8.67. The lowest BCUT2D eigenvalue weighted by Gasteiger charge is -2.32. The van der Waals surface area contributed by atoms with Gasteiger partial charge < -0.3 is 10.6 Å². The highest BCUT2D eigenvalue weighted by Gasteiger charge is 2.21. The van der Waals surface area contributed by atoms with Gasteiger partial charge in [0.15, 0.2) is 5.82 Å². The molecule has 0 spiro atoms. The zero-order valence-corrected chi connectivity index (χ0v) is 14.4. The molecule has 2 aromatic rings. The lowest BCUT2D eigenvalue weighted by atomic mass is 9.97. The van der Waals surface area contributed by atoms with Crippen LogP contribution in [0, 0.1) is 11.7 Å². The molecule has 0 amide bonds. The van der Waals surface area contributed by atoms with E-state index in [1.165, 1.54) is 6.07 Å². The van der Waals surface area contributed by atoms with E-state index in [4.69, 9.17) is 5.73 Å². The number of hydrogen-bond acceptors (Lipinski definition) is 4. The van der Waals surface area contributed by atoms with Crippen LogP contribution in [0.1, 0.15) is 38.3 Å². The fourth-order valence-corrected chi connectivity index (χ4v) is 3.07. The molecule has 2 heterocycles. The Morgan fingerprint density at radius 3 is 2.54 bits per heavy atom. The lowest BCUT2D eigenvalue weighted by Crippen LogP contribution is -2.36. The average molecular weight is 328 g/mol. The number of anilines is 1. The summed E-state index contributed by atoms with van der Waals surface area (Å²) in [5, 5.41) is 0. The van der Waals surface area contributed by atoms with Crippen LogP contribution in [-0.2, 0) is 0 Å². The van der Waals surface area contributed by atoms with E-state index in [-0.39, 0.29) is 11.7 Å². The van der Waals surface area contributed by atoms with Crippen LogP contribution in [0.25, 0.3) is 11.4 Å². The van der Waals surface area contributed by atoms with Crippen LogP contribution in [0.15, 0.2) is 30.3 Å². The van der Waals surface area contributed by atoms with E-state index in [1.807, 2.05) is 12.1 Å². The van der Waals surface area contributed by atoms with Crippen molar-refractivity contribution in [3.63, 3.8) is 0 Å². The van der Waals surface area contributed by atoms with Crippen LogP contribution < -0.4 is 10.6 Å². The highest BCUT2D eigenvalue weighted by molar-refractivity contribution is 5.59. The first-order chi connectivity index (χ1) is 11.6. The largest absolute Gasteiger partial charge is 0.356 e. The minimum absolute atomic E-state index is 0.263. The maximum absolute atomic E-state index is 14.2. The van der Waals surface area contributed by atoms with Crippen molar-refractivity contribution >= 4 is 5.82 Å². The van der Waals surface area contributed by atoms with Gasteiger partial charge in [-0.3, -0.25) is 0 Å². The zero-order chi connectivity index (χ0) is 17.1. The Morgan fingerprint density at radius 1 is 1.21 bits per heavy atom. The van der Waals surface area contributed by atoms with Crippen LogP contribution in [0.4, 0.5) is 10.2 Å². The van der Waals surface area contributed by atoms with Crippen molar-refractivity contribution in [3.8, 4) is 11.4 Å². The van der Waals surface area contributed by atoms with Crippen molar-refractivity contribution in [2.24, 2.45) is 11.7 Å². The quantitative estimate of drug-likeness (QED) is 0.932. The second kappa shape index (κ2) is 7.26. The van der Waals surface area contributed by atoms with Crippen molar-refractivity contribution in [2.45, 2.75) is 32.6 Å². The van der Waals surface area contributed by atoms with E-state index in [9.17, 15) is 4.39 Å². The molecule has 0 saturated carbocycles. The van der Waals surface area contributed by atoms with E-state index >= 15 is 0 Å². The van der Waals surface area contributed by atoms with Gasteiger partial charge in [0.2, 0.25) is 0 Å². The van der Waals surface area contributed by atoms with Crippen molar-refractivity contribution < 1.29 is 4.39 Å². The van der Waals surface area contributed by atoms with Crippen molar-refractivity contribution in [1.29, 1.82) is 0 Å². The van der Waals surface area contributed by atoms with Crippen LogP contribution >= 0.6 is 0 Å². The molecule has 128 valence electrons.